The van der Waals surface area contributed by atoms with E-state index in [9.17, 15) is 4.79 Å². The summed E-state index contributed by atoms with van der Waals surface area (Å²) in [6.07, 6.45) is 1.83. The average molecular weight is 275 g/mol. The first-order valence-corrected chi connectivity index (χ1v) is 6.08. The van der Waals surface area contributed by atoms with Gasteiger partial charge in [0.1, 0.15) is 0 Å². The highest BCUT2D eigenvalue weighted by atomic mass is 35.5. The summed E-state index contributed by atoms with van der Waals surface area (Å²) >= 11 is 0. The lowest BCUT2D eigenvalue weighted by Gasteiger charge is -2.07. The largest absolute Gasteiger partial charge is 0.351 e. The smallest absolute Gasteiger partial charge is 0.234 e. The van der Waals surface area contributed by atoms with Gasteiger partial charge in [-0.05, 0) is 19.9 Å². The zero-order valence-electron chi connectivity index (χ0n) is 11.5. The molecule has 1 rings (SSSR count). The van der Waals surface area contributed by atoms with Gasteiger partial charge < -0.3 is 10.6 Å². The molecule has 0 aliphatic rings. The minimum Gasteiger partial charge on any atom is -0.351 e. The Balaban J connectivity index is 0.00000289. The number of hydrogen-bond acceptors (Lipinski definition) is 3. The Bertz CT molecular complexity index is 390. The molecular formula is C12H23ClN4O. The van der Waals surface area contributed by atoms with Crippen LogP contribution in [0.2, 0.25) is 0 Å². The average Bonchev–Trinajstić information content (AvgIpc) is 2.62. The van der Waals surface area contributed by atoms with E-state index >= 15 is 0 Å². The first-order valence-electron chi connectivity index (χ1n) is 6.08. The first-order chi connectivity index (χ1) is 8.13. The number of nitrogens with one attached hydrogen (secondary N) is 2. The summed E-state index contributed by atoms with van der Waals surface area (Å²) in [6, 6.07) is 0. The fourth-order valence-corrected chi connectivity index (χ4v) is 2.00. The molecule has 6 heteroatoms. The van der Waals surface area contributed by atoms with Gasteiger partial charge >= 0.3 is 0 Å². The number of likely N-dealkylation sites (N-methyl/N-ethyl adjacent to an activating group) is 1. The van der Waals surface area contributed by atoms with E-state index in [0.717, 1.165) is 18.5 Å². The van der Waals surface area contributed by atoms with Gasteiger partial charge in [-0.25, -0.2) is 0 Å². The van der Waals surface area contributed by atoms with E-state index in [-0.39, 0.29) is 18.3 Å². The fraction of sp³-hybridized carbons (Fsp3) is 0.667. The van der Waals surface area contributed by atoms with Crippen LogP contribution >= 0.6 is 12.4 Å². The monoisotopic (exact) mass is 274 g/mol. The van der Waals surface area contributed by atoms with E-state index in [2.05, 4.69) is 29.6 Å². The molecule has 0 aliphatic heterocycles. The summed E-state index contributed by atoms with van der Waals surface area (Å²) in [5.74, 6) is 0.0143. The van der Waals surface area contributed by atoms with Crippen LogP contribution in [0.25, 0.3) is 0 Å². The summed E-state index contributed by atoms with van der Waals surface area (Å²) in [5, 5.41) is 10.2. The van der Waals surface area contributed by atoms with Crippen molar-refractivity contribution in [1.82, 2.24) is 20.4 Å². The Kier molecular flexibility index (Phi) is 7.62. The number of hydrogen-bond donors (Lipinski definition) is 2. The van der Waals surface area contributed by atoms with Crippen molar-refractivity contribution in [3.8, 4) is 0 Å². The minimum absolute atomic E-state index is 0. The van der Waals surface area contributed by atoms with Crippen molar-refractivity contribution in [1.29, 1.82) is 0 Å². The Labute approximate surface area is 115 Å². The molecule has 0 fully saturated rings. The standard InChI is InChI=1S/C12H22N4O.ClH/c1-5-10-9(7-14-12(17)8-13-3)11(6-2)16(4)15-10;/h13H,5-8H2,1-4H3,(H,14,17);1H. The van der Waals surface area contributed by atoms with Crippen molar-refractivity contribution in [3.05, 3.63) is 17.0 Å². The van der Waals surface area contributed by atoms with Gasteiger partial charge in [0.2, 0.25) is 5.91 Å². The summed E-state index contributed by atoms with van der Waals surface area (Å²) in [4.78, 5) is 11.4. The zero-order valence-corrected chi connectivity index (χ0v) is 12.4. The molecule has 18 heavy (non-hydrogen) atoms. The number of amides is 1. The second-order valence-electron chi connectivity index (χ2n) is 4.01. The molecule has 0 aromatic carbocycles. The number of carbonyl (C=O) groups is 1. The van der Waals surface area contributed by atoms with Gasteiger partial charge in [0, 0.05) is 24.8 Å². The molecule has 1 aromatic rings. The second-order valence-corrected chi connectivity index (χ2v) is 4.01. The van der Waals surface area contributed by atoms with Crippen LogP contribution in [0.5, 0.6) is 0 Å². The molecule has 1 aromatic heterocycles. The van der Waals surface area contributed by atoms with E-state index in [1.807, 2.05) is 11.7 Å². The number of aromatic nitrogens is 2. The molecule has 1 heterocycles. The van der Waals surface area contributed by atoms with Crippen LogP contribution in [0, 0.1) is 0 Å². The predicted octanol–water partition coefficient (Wildman–Crippen LogP) is 0.802. The lowest BCUT2D eigenvalue weighted by atomic mass is 10.1. The summed E-state index contributed by atoms with van der Waals surface area (Å²) in [5.41, 5.74) is 3.45. The van der Waals surface area contributed by atoms with Crippen molar-refractivity contribution in [2.24, 2.45) is 7.05 Å². The Morgan fingerprint density at radius 2 is 2.00 bits per heavy atom. The van der Waals surface area contributed by atoms with Crippen molar-refractivity contribution < 1.29 is 4.79 Å². The van der Waals surface area contributed by atoms with E-state index in [1.54, 1.807) is 7.05 Å². The Morgan fingerprint density at radius 1 is 1.33 bits per heavy atom. The van der Waals surface area contributed by atoms with Gasteiger partial charge in [-0.1, -0.05) is 13.8 Å². The third-order valence-electron chi connectivity index (χ3n) is 2.83. The molecule has 0 radical (unpaired) electrons. The quantitative estimate of drug-likeness (QED) is 0.807. The third kappa shape index (κ3) is 3.99. The topological polar surface area (TPSA) is 59.0 Å². The minimum atomic E-state index is 0. The summed E-state index contributed by atoms with van der Waals surface area (Å²) < 4.78 is 1.92. The summed E-state index contributed by atoms with van der Waals surface area (Å²) in [7, 11) is 3.72. The Hall–Kier alpha value is -1.07. The highest BCUT2D eigenvalue weighted by Gasteiger charge is 2.13. The van der Waals surface area contributed by atoms with Gasteiger partial charge in [0.25, 0.3) is 0 Å². The molecule has 104 valence electrons. The number of halogens is 1. The van der Waals surface area contributed by atoms with E-state index in [0.29, 0.717) is 13.1 Å². The molecule has 0 saturated carbocycles. The van der Waals surface area contributed by atoms with Gasteiger partial charge in [-0.2, -0.15) is 5.10 Å². The van der Waals surface area contributed by atoms with Crippen molar-refractivity contribution >= 4 is 18.3 Å². The predicted molar refractivity (Wildman–Crippen MR) is 75.0 cm³/mol. The number of nitrogens with zero attached hydrogens (tertiary/aromatic N) is 2. The van der Waals surface area contributed by atoms with Crippen LogP contribution in [0.3, 0.4) is 0 Å². The van der Waals surface area contributed by atoms with Crippen molar-refractivity contribution in [3.63, 3.8) is 0 Å². The van der Waals surface area contributed by atoms with Gasteiger partial charge in [0.15, 0.2) is 0 Å². The van der Waals surface area contributed by atoms with E-state index in [4.69, 9.17) is 0 Å². The molecule has 0 spiro atoms. The van der Waals surface area contributed by atoms with Crippen LogP contribution in [0.4, 0.5) is 0 Å². The normalized spacial score (nSPS) is 10.0. The highest BCUT2D eigenvalue weighted by Crippen LogP contribution is 2.14. The van der Waals surface area contributed by atoms with Crippen LogP contribution in [-0.2, 0) is 31.2 Å². The fourth-order valence-electron chi connectivity index (χ4n) is 2.00. The molecular weight excluding hydrogens is 252 g/mol. The zero-order chi connectivity index (χ0) is 12.8. The molecule has 0 aliphatic carbocycles. The van der Waals surface area contributed by atoms with Crippen LogP contribution < -0.4 is 10.6 Å². The van der Waals surface area contributed by atoms with Crippen molar-refractivity contribution in [2.75, 3.05) is 13.6 Å². The summed E-state index contributed by atoms with van der Waals surface area (Å²) in [6.45, 7) is 5.11. The SMILES string of the molecule is CCc1nn(C)c(CC)c1CNC(=O)CNC.Cl. The lowest BCUT2D eigenvalue weighted by Crippen LogP contribution is -2.32. The molecule has 0 saturated heterocycles. The lowest BCUT2D eigenvalue weighted by molar-refractivity contribution is -0.120. The van der Waals surface area contributed by atoms with Gasteiger partial charge in [-0.15, -0.1) is 12.4 Å². The van der Waals surface area contributed by atoms with Gasteiger partial charge in [0.05, 0.1) is 12.2 Å². The van der Waals surface area contributed by atoms with Crippen LogP contribution in [-0.4, -0.2) is 29.3 Å². The van der Waals surface area contributed by atoms with E-state index in [1.165, 1.54) is 11.3 Å². The highest BCUT2D eigenvalue weighted by molar-refractivity contribution is 5.85. The maximum Gasteiger partial charge on any atom is 0.234 e. The number of rotatable bonds is 6. The first kappa shape index (κ1) is 16.9. The molecule has 1 amide bonds. The van der Waals surface area contributed by atoms with Crippen molar-refractivity contribution in [2.45, 2.75) is 33.2 Å². The molecule has 0 bridgehead atoms. The van der Waals surface area contributed by atoms with E-state index < -0.39 is 0 Å². The number of aryl methyl sites for hydroxylation is 2. The Morgan fingerprint density at radius 3 is 2.50 bits per heavy atom. The van der Waals surface area contributed by atoms with Crippen LogP contribution in [0.1, 0.15) is 30.8 Å². The molecule has 5 nitrogen and oxygen atoms in total. The third-order valence-corrected chi connectivity index (χ3v) is 2.83. The molecule has 2 N–H and O–H groups in total. The maximum absolute atomic E-state index is 11.4. The number of carbonyl (C=O) groups excluding carboxylic acids is 1. The molecule has 0 unspecified atom stereocenters. The molecule has 0 atom stereocenters. The maximum atomic E-state index is 11.4. The second kappa shape index (κ2) is 8.11. The van der Waals surface area contributed by atoms with Crippen LogP contribution in [0.15, 0.2) is 0 Å². The van der Waals surface area contributed by atoms with Gasteiger partial charge in [-0.3, -0.25) is 9.48 Å².